The molecule has 2 aromatic rings. The Morgan fingerprint density at radius 3 is 2.94 bits per heavy atom. The van der Waals surface area contributed by atoms with E-state index in [1.54, 1.807) is 31.6 Å². The van der Waals surface area contributed by atoms with Crippen LogP contribution in [0, 0.1) is 6.07 Å². The molecule has 1 aromatic heterocycles. The zero-order valence-corrected chi connectivity index (χ0v) is 10.5. The van der Waals surface area contributed by atoms with E-state index in [4.69, 9.17) is 4.84 Å². The molecule has 0 aliphatic heterocycles. The molecule has 1 aromatic carbocycles. The van der Waals surface area contributed by atoms with Crippen LogP contribution >= 0.6 is 0 Å². The molecule has 0 bridgehead atoms. The lowest BCUT2D eigenvalue weighted by Gasteiger charge is -2.13. The summed E-state index contributed by atoms with van der Waals surface area (Å²) in [6.07, 6.45) is 3.58. The lowest BCUT2D eigenvalue weighted by atomic mass is 10.1. The number of rotatable bonds is 3. The van der Waals surface area contributed by atoms with E-state index in [1.807, 2.05) is 17.8 Å². The summed E-state index contributed by atoms with van der Waals surface area (Å²) in [4.78, 5) is 21.0. The van der Waals surface area contributed by atoms with Crippen LogP contribution in [0.25, 0.3) is 11.3 Å². The quantitative estimate of drug-likeness (QED) is 0.769. The van der Waals surface area contributed by atoms with Gasteiger partial charge in [-0.3, -0.25) is 9.63 Å². The van der Waals surface area contributed by atoms with Crippen LogP contribution in [0.15, 0.2) is 30.7 Å². The monoisotopic (exact) mass is 244 g/mol. The summed E-state index contributed by atoms with van der Waals surface area (Å²) >= 11 is 0. The van der Waals surface area contributed by atoms with Crippen LogP contribution in [-0.2, 0) is 11.9 Å². The van der Waals surface area contributed by atoms with Gasteiger partial charge in [-0.15, -0.1) is 0 Å². The normalized spacial score (nSPS) is 10.4. The van der Waals surface area contributed by atoms with E-state index in [-0.39, 0.29) is 5.91 Å². The van der Waals surface area contributed by atoms with Gasteiger partial charge in [0.25, 0.3) is 5.91 Å². The Kier molecular flexibility index (Phi) is 3.43. The standard InChI is InChI=1S/C13H14N3O2/c1-15-8-12(14-9-15)10-5-4-6-11(7-10)13(17)16(2)18-3/h4,6-9H,1-3H3. The summed E-state index contributed by atoms with van der Waals surface area (Å²) in [5, 5.41) is 1.18. The van der Waals surface area contributed by atoms with Crippen LogP contribution in [-0.4, -0.2) is 34.7 Å². The summed E-state index contributed by atoms with van der Waals surface area (Å²) in [6.45, 7) is 0. The number of imidazole rings is 1. The Morgan fingerprint density at radius 1 is 1.56 bits per heavy atom. The minimum Gasteiger partial charge on any atom is -0.340 e. The summed E-state index contributed by atoms with van der Waals surface area (Å²) in [6, 6.07) is 8.22. The highest BCUT2D eigenvalue weighted by atomic mass is 16.7. The number of hydrogen-bond acceptors (Lipinski definition) is 3. The first-order valence-electron chi connectivity index (χ1n) is 5.44. The minimum atomic E-state index is -0.205. The van der Waals surface area contributed by atoms with E-state index in [9.17, 15) is 4.79 Å². The fraction of sp³-hybridized carbons (Fsp3) is 0.231. The average Bonchev–Trinajstić information content (AvgIpc) is 2.84. The van der Waals surface area contributed by atoms with Gasteiger partial charge in [-0.05, 0) is 18.2 Å². The molecule has 0 saturated carbocycles. The molecule has 0 spiro atoms. The fourth-order valence-electron chi connectivity index (χ4n) is 1.56. The number of hydrogen-bond donors (Lipinski definition) is 0. The number of aryl methyl sites for hydroxylation is 1. The average molecular weight is 244 g/mol. The minimum absolute atomic E-state index is 0.205. The first-order valence-corrected chi connectivity index (χ1v) is 5.44. The van der Waals surface area contributed by atoms with Gasteiger partial charge in [0, 0.05) is 31.4 Å². The fourth-order valence-corrected chi connectivity index (χ4v) is 1.56. The van der Waals surface area contributed by atoms with E-state index >= 15 is 0 Å². The summed E-state index contributed by atoms with van der Waals surface area (Å²) < 4.78 is 1.85. The SMILES string of the molecule is CON(C)C(=O)c1cc[c]c(-c2cn(C)cn2)c1. The summed E-state index contributed by atoms with van der Waals surface area (Å²) in [5.41, 5.74) is 2.11. The Bertz CT molecular complexity index is 563. The van der Waals surface area contributed by atoms with Crippen LogP contribution < -0.4 is 0 Å². The molecule has 5 heteroatoms. The second kappa shape index (κ2) is 5.01. The van der Waals surface area contributed by atoms with Gasteiger partial charge in [-0.1, -0.05) is 6.07 Å². The van der Waals surface area contributed by atoms with Crippen LogP contribution in [0.1, 0.15) is 10.4 Å². The van der Waals surface area contributed by atoms with Crippen molar-refractivity contribution in [1.29, 1.82) is 0 Å². The van der Waals surface area contributed by atoms with E-state index in [0.29, 0.717) is 5.56 Å². The molecule has 1 radical (unpaired) electrons. The number of carbonyl (C=O) groups excluding carboxylic acids is 1. The maximum Gasteiger partial charge on any atom is 0.277 e. The molecule has 0 atom stereocenters. The second-order valence-corrected chi connectivity index (χ2v) is 3.90. The molecule has 1 amide bonds. The number of nitrogens with zero attached hydrogens (tertiary/aromatic N) is 3. The predicted molar refractivity (Wildman–Crippen MR) is 66.6 cm³/mol. The van der Waals surface area contributed by atoms with Crippen molar-refractivity contribution in [2.24, 2.45) is 7.05 Å². The van der Waals surface area contributed by atoms with Crippen molar-refractivity contribution in [2.45, 2.75) is 0 Å². The van der Waals surface area contributed by atoms with Gasteiger partial charge in [0.05, 0.1) is 19.1 Å². The van der Waals surface area contributed by atoms with Gasteiger partial charge in [0.2, 0.25) is 0 Å². The molecule has 0 fully saturated rings. The Hall–Kier alpha value is -2.14. The summed E-state index contributed by atoms with van der Waals surface area (Å²) in [5.74, 6) is -0.205. The van der Waals surface area contributed by atoms with Crippen molar-refractivity contribution in [3.8, 4) is 11.3 Å². The molecule has 0 N–H and O–H groups in total. The van der Waals surface area contributed by atoms with Crippen LogP contribution in [0.2, 0.25) is 0 Å². The third-order valence-electron chi connectivity index (χ3n) is 2.59. The highest BCUT2D eigenvalue weighted by Crippen LogP contribution is 2.18. The maximum absolute atomic E-state index is 11.9. The van der Waals surface area contributed by atoms with Crippen LogP contribution in [0.5, 0.6) is 0 Å². The molecule has 2 rings (SSSR count). The molecule has 1 heterocycles. The van der Waals surface area contributed by atoms with Gasteiger partial charge in [0.15, 0.2) is 0 Å². The van der Waals surface area contributed by atoms with Crippen molar-refractivity contribution in [2.75, 3.05) is 14.2 Å². The second-order valence-electron chi connectivity index (χ2n) is 3.90. The van der Waals surface area contributed by atoms with E-state index in [1.165, 1.54) is 12.2 Å². The molecular formula is C13H14N3O2. The van der Waals surface area contributed by atoms with E-state index < -0.39 is 0 Å². The van der Waals surface area contributed by atoms with E-state index in [0.717, 1.165) is 11.3 Å². The van der Waals surface area contributed by atoms with Crippen molar-refractivity contribution in [1.82, 2.24) is 14.6 Å². The Balaban J connectivity index is 2.33. The van der Waals surface area contributed by atoms with Crippen LogP contribution in [0.4, 0.5) is 0 Å². The number of benzene rings is 1. The molecule has 5 nitrogen and oxygen atoms in total. The Morgan fingerprint density at radius 2 is 2.33 bits per heavy atom. The molecule has 18 heavy (non-hydrogen) atoms. The largest absolute Gasteiger partial charge is 0.340 e. The maximum atomic E-state index is 11.9. The van der Waals surface area contributed by atoms with E-state index in [2.05, 4.69) is 11.1 Å². The van der Waals surface area contributed by atoms with Gasteiger partial charge in [-0.25, -0.2) is 10.0 Å². The third-order valence-corrected chi connectivity index (χ3v) is 2.59. The number of amides is 1. The lowest BCUT2D eigenvalue weighted by molar-refractivity contribution is -0.0756. The highest BCUT2D eigenvalue weighted by Gasteiger charge is 2.12. The van der Waals surface area contributed by atoms with Crippen molar-refractivity contribution < 1.29 is 9.63 Å². The smallest absolute Gasteiger partial charge is 0.277 e. The molecule has 93 valence electrons. The highest BCUT2D eigenvalue weighted by molar-refractivity contribution is 5.94. The first-order chi connectivity index (χ1) is 8.61. The lowest BCUT2D eigenvalue weighted by Crippen LogP contribution is -2.25. The number of aromatic nitrogens is 2. The predicted octanol–water partition coefficient (Wildman–Crippen LogP) is 1.52. The van der Waals surface area contributed by atoms with Crippen LogP contribution in [0.3, 0.4) is 0 Å². The molecule has 0 saturated heterocycles. The molecular weight excluding hydrogens is 230 g/mol. The zero-order chi connectivity index (χ0) is 13.1. The molecule has 0 unspecified atom stereocenters. The van der Waals surface area contributed by atoms with Crippen molar-refractivity contribution in [3.63, 3.8) is 0 Å². The molecule has 0 aliphatic rings. The summed E-state index contributed by atoms with van der Waals surface area (Å²) in [7, 11) is 4.91. The molecule has 0 aliphatic carbocycles. The van der Waals surface area contributed by atoms with Gasteiger partial charge >= 0.3 is 0 Å². The topological polar surface area (TPSA) is 47.4 Å². The van der Waals surface area contributed by atoms with Gasteiger partial charge < -0.3 is 4.57 Å². The Labute approximate surface area is 106 Å². The zero-order valence-electron chi connectivity index (χ0n) is 10.5. The number of carbonyl (C=O) groups is 1. The van der Waals surface area contributed by atoms with Gasteiger partial charge in [-0.2, -0.15) is 0 Å². The van der Waals surface area contributed by atoms with Gasteiger partial charge in [0.1, 0.15) is 0 Å². The van der Waals surface area contributed by atoms with Crippen molar-refractivity contribution in [3.05, 3.63) is 42.4 Å². The van der Waals surface area contributed by atoms with Crippen molar-refractivity contribution >= 4 is 5.91 Å². The first kappa shape index (κ1) is 12.3. The third kappa shape index (κ3) is 2.41. The number of hydroxylamine groups is 2.